The van der Waals surface area contributed by atoms with Crippen molar-refractivity contribution in [3.63, 3.8) is 0 Å². The first-order chi connectivity index (χ1) is 11.9. The summed E-state index contributed by atoms with van der Waals surface area (Å²) >= 11 is 0. The van der Waals surface area contributed by atoms with Gasteiger partial charge in [-0.3, -0.25) is 4.79 Å². The SMILES string of the molecule is NC(=O)[C@@H](C[C@H](O)CNCc1ccccc1)C[C@@H]1CCCC(F)(F)C1. The molecule has 0 radical (unpaired) electrons. The van der Waals surface area contributed by atoms with E-state index in [9.17, 15) is 18.7 Å². The highest BCUT2D eigenvalue weighted by Gasteiger charge is 2.37. The Bertz CT molecular complexity index is 539. The third-order valence-corrected chi connectivity index (χ3v) is 4.87. The van der Waals surface area contributed by atoms with E-state index in [1.165, 1.54) is 0 Å². The van der Waals surface area contributed by atoms with Crippen molar-refractivity contribution < 1.29 is 18.7 Å². The van der Waals surface area contributed by atoms with Gasteiger partial charge in [-0.1, -0.05) is 30.3 Å². The highest BCUT2D eigenvalue weighted by Crippen LogP contribution is 2.39. The summed E-state index contributed by atoms with van der Waals surface area (Å²) in [5.74, 6) is -3.92. The molecule has 0 unspecified atom stereocenters. The number of carbonyl (C=O) groups excluding carboxylic acids is 1. The summed E-state index contributed by atoms with van der Waals surface area (Å²) in [6, 6.07) is 9.78. The fourth-order valence-electron chi connectivity index (χ4n) is 3.60. The van der Waals surface area contributed by atoms with E-state index in [0.29, 0.717) is 32.4 Å². The summed E-state index contributed by atoms with van der Waals surface area (Å²) in [6.45, 7) is 0.952. The van der Waals surface area contributed by atoms with E-state index in [0.717, 1.165) is 5.56 Å². The lowest BCUT2D eigenvalue weighted by molar-refractivity contribution is -0.124. The van der Waals surface area contributed by atoms with E-state index in [4.69, 9.17) is 5.73 Å². The first kappa shape index (κ1) is 19.8. The molecule has 0 heterocycles. The molecule has 1 amide bonds. The molecule has 1 aliphatic rings. The van der Waals surface area contributed by atoms with E-state index >= 15 is 0 Å². The number of primary amides is 1. The second kappa shape index (κ2) is 9.25. The molecule has 1 saturated carbocycles. The fraction of sp³-hybridized carbons (Fsp3) is 0.632. The van der Waals surface area contributed by atoms with E-state index in [1.807, 2.05) is 30.3 Å². The van der Waals surface area contributed by atoms with Crippen LogP contribution in [0.5, 0.6) is 0 Å². The maximum atomic E-state index is 13.5. The minimum atomic E-state index is -2.64. The summed E-state index contributed by atoms with van der Waals surface area (Å²) < 4.78 is 27.0. The van der Waals surface area contributed by atoms with Crippen molar-refractivity contribution in [2.24, 2.45) is 17.6 Å². The summed E-state index contributed by atoms with van der Waals surface area (Å²) in [4.78, 5) is 11.7. The van der Waals surface area contributed by atoms with Crippen LogP contribution in [0.3, 0.4) is 0 Å². The molecule has 1 fully saturated rings. The van der Waals surface area contributed by atoms with Crippen molar-refractivity contribution in [3.8, 4) is 0 Å². The Morgan fingerprint density at radius 1 is 1.36 bits per heavy atom. The van der Waals surface area contributed by atoms with Crippen LogP contribution < -0.4 is 11.1 Å². The first-order valence-electron chi connectivity index (χ1n) is 8.95. The first-order valence-corrected chi connectivity index (χ1v) is 8.95. The van der Waals surface area contributed by atoms with E-state index < -0.39 is 23.9 Å². The van der Waals surface area contributed by atoms with Gasteiger partial charge in [-0.25, -0.2) is 8.78 Å². The predicted octanol–water partition coefficient (Wildman–Crippen LogP) is 2.84. The van der Waals surface area contributed by atoms with Crippen LogP contribution in [0.15, 0.2) is 30.3 Å². The van der Waals surface area contributed by atoms with Crippen molar-refractivity contribution in [2.45, 2.75) is 57.1 Å². The van der Waals surface area contributed by atoms with Crippen molar-refractivity contribution in [2.75, 3.05) is 6.54 Å². The molecule has 1 aromatic carbocycles. The van der Waals surface area contributed by atoms with Crippen LogP contribution in [0.4, 0.5) is 8.78 Å². The topological polar surface area (TPSA) is 75.4 Å². The van der Waals surface area contributed by atoms with Crippen LogP contribution >= 0.6 is 0 Å². The molecule has 140 valence electrons. The number of halogens is 2. The molecule has 1 aromatic rings. The van der Waals surface area contributed by atoms with Gasteiger partial charge in [0.05, 0.1) is 6.10 Å². The summed E-state index contributed by atoms with van der Waals surface area (Å²) in [5, 5.41) is 13.3. The lowest BCUT2D eigenvalue weighted by atomic mass is 9.79. The number of hydrogen-bond donors (Lipinski definition) is 3. The molecule has 25 heavy (non-hydrogen) atoms. The Balaban J connectivity index is 1.76. The highest BCUT2D eigenvalue weighted by atomic mass is 19.3. The Labute approximate surface area is 147 Å². The van der Waals surface area contributed by atoms with Crippen molar-refractivity contribution in [1.29, 1.82) is 0 Å². The lowest BCUT2D eigenvalue weighted by Gasteiger charge is -2.31. The molecule has 0 spiro atoms. The van der Waals surface area contributed by atoms with Crippen molar-refractivity contribution in [3.05, 3.63) is 35.9 Å². The van der Waals surface area contributed by atoms with Crippen LogP contribution in [0.2, 0.25) is 0 Å². The molecule has 0 bridgehead atoms. The number of amides is 1. The molecule has 4 nitrogen and oxygen atoms in total. The zero-order valence-electron chi connectivity index (χ0n) is 14.5. The van der Waals surface area contributed by atoms with Crippen molar-refractivity contribution >= 4 is 5.91 Å². The maximum Gasteiger partial charge on any atom is 0.248 e. The number of aliphatic hydroxyl groups excluding tert-OH is 1. The lowest BCUT2D eigenvalue weighted by Crippen LogP contribution is -2.35. The molecule has 4 N–H and O–H groups in total. The van der Waals surface area contributed by atoms with Gasteiger partial charge in [0.2, 0.25) is 11.8 Å². The number of nitrogens with one attached hydrogen (secondary N) is 1. The van der Waals surface area contributed by atoms with Gasteiger partial charge >= 0.3 is 0 Å². The predicted molar refractivity (Wildman–Crippen MR) is 93.0 cm³/mol. The monoisotopic (exact) mass is 354 g/mol. The largest absolute Gasteiger partial charge is 0.392 e. The van der Waals surface area contributed by atoms with Gasteiger partial charge in [0.25, 0.3) is 0 Å². The summed E-state index contributed by atoms with van der Waals surface area (Å²) in [7, 11) is 0. The van der Waals surface area contributed by atoms with Gasteiger partial charge in [-0.05, 0) is 37.2 Å². The normalized spacial score (nSPS) is 22.3. The second-order valence-corrected chi connectivity index (χ2v) is 7.16. The van der Waals surface area contributed by atoms with Crippen LogP contribution in [0, 0.1) is 11.8 Å². The van der Waals surface area contributed by atoms with E-state index in [-0.39, 0.29) is 25.2 Å². The number of carbonyl (C=O) groups is 1. The Hall–Kier alpha value is -1.53. The minimum absolute atomic E-state index is 0.0726. The molecule has 0 aromatic heterocycles. The molecular formula is C19H28F2N2O2. The number of rotatable bonds is 9. The van der Waals surface area contributed by atoms with E-state index in [1.54, 1.807) is 0 Å². The number of nitrogens with two attached hydrogens (primary N) is 1. The standard InChI is InChI=1S/C19H28F2N2O2/c20-19(21)8-4-7-15(11-19)9-16(18(22)25)10-17(24)13-23-12-14-5-2-1-3-6-14/h1-3,5-6,15-17,23-24H,4,7-13H2,(H2,22,25)/t15-,16+,17-/m0/s1. The molecule has 0 saturated heterocycles. The summed E-state index contributed by atoms with van der Waals surface area (Å²) in [6.07, 6.45) is 0.729. The zero-order valence-corrected chi connectivity index (χ0v) is 14.5. The Kier molecular flexibility index (Phi) is 7.32. The highest BCUT2D eigenvalue weighted by molar-refractivity contribution is 5.76. The molecule has 1 aliphatic carbocycles. The number of alkyl halides is 2. The Morgan fingerprint density at radius 2 is 2.08 bits per heavy atom. The Morgan fingerprint density at radius 3 is 2.72 bits per heavy atom. The number of hydrogen-bond acceptors (Lipinski definition) is 3. The number of aliphatic hydroxyl groups is 1. The molecule has 6 heteroatoms. The van der Waals surface area contributed by atoms with Crippen LogP contribution in [-0.4, -0.2) is 29.6 Å². The molecule has 0 aliphatic heterocycles. The van der Waals surface area contributed by atoms with Crippen LogP contribution in [-0.2, 0) is 11.3 Å². The third kappa shape index (κ3) is 7.08. The zero-order chi connectivity index (χ0) is 18.3. The average Bonchev–Trinajstić information content (AvgIpc) is 2.54. The minimum Gasteiger partial charge on any atom is -0.392 e. The van der Waals surface area contributed by atoms with Gasteiger partial charge in [0.1, 0.15) is 0 Å². The molecule has 3 atom stereocenters. The van der Waals surface area contributed by atoms with Gasteiger partial charge in [0.15, 0.2) is 0 Å². The fourth-order valence-corrected chi connectivity index (χ4v) is 3.60. The maximum absolute atomic E-state index is 13.5. The smallest absolute Gasteiger partial charge is 0.248 e. The molecular weight excluding hydrogens is 326 g/mol. The summed E-state index contributed by atoms with van der Waals surface area (Å²) in [5.41, 5.74) is 6.53. The quantitative estimate of drug-likeness (QED) is 0.638. The van der Waals surface area contributed by atoms with Crippen LogP contribution in [0.25, 0.3) is 0 Å². The van der Waals surface area contributed by atoms with Gasteiger partial charge in [-0.15, -0.1) is 0 Å². The van der Waals surface area contributed by atoms with Crippen LogP contribution in [0.1, 0.15) is 44.1 Å². The molecule has 2 rings (SSSR count). The van der Waals surface area contributed by atoms with Crippen molar-refractivity contribution in [1.82, 2.24) is 5.32 Å². The van der Waals surface area contributed by atoms with Gasteiger partial charge in [0, 0.05) is 31.8 Å². The average molecular weight is 354 g/mol. The second-order valence-electron chi connectivity index (χ2n) is 7.16. The van der Waals surface area contributed by atoms with Gasteiger partial charge < -0.3 is 16.2 Å². The third-order valence-electron chi connectivity index (χ3n) is 4.87. The van der Waals surface area contributed by atoms with E-state index in [2.05, 4.69) is 5.32 Å². The number of benzene rings is 1. The van der Waals surface area contributed by atoms with Gasteiger partial charge in [-0.2, -0.15) is 0 Å².